The van der Waals surface area contributed by atoms with Gasteiger partial charge in [-0.2, -0.15) is 0 Å². The summed E-state index contributed by atoms with van der Waals surface area (Å²) >= 11 is 1.72. The van der Waals surface area contributed by atoms with Gasteiger partial charge in [0.1, 0.15) is 5.75 Å². The quantitative estimate of drug-likeness (QED) is 0.156. The van der Waals surface area contributed by atoms with Gasteiger partial charge < -0.3 is 10.1 Å². The van der Waals surface area contributed by atoms with Gasteiger partial charge >= 0.3 is 0 Å². The number of benzene rings is 2. The molecular weight excluding hydrogens is 488 g/mol. The maximum atomic E-state index is 12.5. The van der Waals surface area contributed by atoms with Gasteiger partial charge in [-0.3, -0.25) is 4.79 Å². The van der Waals surface area contributed by atoms with E-state index in [0.717, 1.165) is 41.5 Å². The number of hydrogen-bond acceptors (Lipinski definition) is 4. The highest BCUT2D eigenvalue weighted by molar-refractivity contribution is 7.11. The first kappa shape index (κ1) is 29.9. The second kappa shape index (κ2) is 17.8. The van der Waals surface area contributed by atoms with Crippen LogP contribution in [0.15, 0.2) is 54.7 Å². The fraction of sp³-hybridized carbons (Fsp3) is 0.515. The lowest BCUT2D eigenvalue weighted by Gasteiger charge is -2.09. The van der Waals surface area contributed by atoms with Crippen LogP contribution in [0.2, 0.25) is 0 Å². The Morgan fingerprint density at radius 2 is 1.37 bits per heavy atom. The molecule has 1 aromatic heterocycles. The third kappa shape index (κ3) is 12.3. The Hall–Kier alpha value is -2.66. The van der Waals surface area contributed by atoms with Gasteiger partial charge in [0.25, 0.3) is 0 Å². The number of anilines is 1. The summed E-state index contributed by atoms with van der Waals surface area (Å²) in [4.78, 5) is 18.2. The molecule has 1 amide bonds. The van der Waals surface area contributed by atoms with E-state index < -0.39 is 0 Å². The van der Waals surface area contributed by atoms with Crippen molar-refractivity contribution in [3.8, 4) is 5.75 Å². The highest BCUT2D eigenvalue weighted by Gasteiger charge is 2.06. The first-order valence-electron chi connectivity index (χ1n) is 14.6. The largest absolute Gasteiger partial charge is 0.494 e. The van der Waals surface area contributed by atoms with Crippen LogP contribution in [-0.2, 0) is 17.6 Å². The van der Waals surface area contributed by atoms with E-state index in [-0.39, 0.29) is 5.91 Å². The highest BCUT2D eigenvalue weighted by atomic mass is 32.1. The molecule has 38 heavy (non-hydrogen) atoms. The Bertz CT molecular complexity index is 1040. The van der Waals surface area contributed by atoms with E-state index in [1.165, 1.54) is 81.1 Å². The van der Waals surface area contributed by atoms with E-state index in [9.17, 15) is 4.79 Å². The number of carbonyl (C=O) groups excluding carboxylic acids is 1. The van der Waals surface area contributed by atoms with Crippen molar-refractivity contribution in [2.45, 2.75) is 104 Å². The molecule has 0 bridgehead atoms. The average Bonchev–Trinajstić information content (AvgIpc) is 3.33. The highest BCUT2D eigenvalue weighted by Crippen LogP contribution is 2.19. The van der Waals surface area contributed by atoms with E-state index >= 15 is 0 Å². The summed E-state index contributed by atoms with van der Waals surface area (Å²) in [6, 6.07) is 15.9. The number of aryl methyl sites for hydroxylation is 1. The third-order valence-electron chi connectivity index (χ3n) is 6.82. The van der Waals surface area contributed by atoms with Crippen molar-refractivity contribution in [3.05, 3.63) is 75.7 Å². The van der Waals surface area contributed by atoms with Gasteiger partial charge in [0.05, 0.1) is 18.0 Å². The van der Waals surface area contributed by atoms with Crippen molar-refractivity contribution in [1.82, 2.24) is 4.98 Å². The first-order valence-corrected chi connectivity index (χ1v) is 15.5. The molecule has 206 valence electrons. The van der Waals surface area contributed by atoms with Crippen molar-refractivity contribution in [3.63, 3.8) is 0 Å². The van der Waals surface area contributed by atoms with Gasteiger partial charge in [-0.15, -0.1) is 11.3 Å². The number of thiazole rings is 1. The lowest BCUT2D eigenvalue weighted by Crippen LogP contribution is -2.14. The number of amides is 1. The van der Waals surface area contributed by atoms with Gasteiger partial charge in [0.2, 0.25) is 5.91 Å². The minimum absolute atomic E-state index is 0.0153. The number of carbonyl (C=O) groups is 1. The molecule has 0 unspecified atom stereocenters. The number of nitrogens with one attached hydrogen (secondary N) is 1. The lowest BCUT2D eigenvalue weighted by atomic mass is 10.1. The zero-order valence-electron chi connectivity index (χ0n) is 23.5. The molecular formula is C33H46N2O2S. The summed E-state index contributed by atoms with van der Waals surface area (Å²) < 4.78 is 5.90. The number of aromatic nitrogens is 1. The SMILES string of the molecule is CCCCCCCCCCCCCCOc1ccc(CC(=O)Nc2ccc(Cc3ncc(C)s3)cc2)cc1. The van der Waals surface area contributed by atoms with Crippen LogP contribution >= 0.6 is 11.3 Å². The smallest absolute Gasteiger partial charge is 0.228 e. The maximum absolute atomic E-state index is 12.5. The molecule has 0 fully saturated rings. The van der Waals surface area contributed by atoms with E-state index in [1.54, 1.807) is 11.3 Å². The molecule has 5 heteroatoms. The molecule has 0 aliphatic heterocycles. The molecule has 0 atom stereocenters. The standard InChI is InChI=1S/C33H46N2O2S/c1-3-4-5-6-7-8-9-10-11-12-13-14-23-37-31-21-17-28(18-22-31)24-32(36)35-30-19-15-29(16-20-30)25-33-34-26-27(2)38-33/h15-22,26H,3-14,23-25H2,1-2H3,(H,35,36). The molecule has 3 rings (SSSR count). The van der Waals surface area contributed by atoms with Crippen LogP contribution in [-0.4, -0.2) is 17.5 Å². The zero-order valence-corrected chi connectivity index (χ0v) is 24.3. The molecule has 0 aliphatic rings. The summed E-state index contributed by atoms with van der Waals surface area (Å²) in [6.07, 6.45) is 19.2. The molecule has 0 saturated heterocycles. The van der Waals surface area contributed by atoms with E-state index in [4.69, 9.17) is 4.74 Å². The molecule has 1 N–H and O–H groups in total. The van der Waals surface area contributed by atoms with Crippen LogP contribution < -0.4 is 10.1 Å². The Balaban J connectivity index is 1.23. The topological polar surface area (TPSA) is 51.2 Å². The minimum Gasteiger partial charge on any atom is -0.494 e. The Morgan fingerprint density at radius 1 is 0.789 bits per heavy atom. The van der Waals surface area contributed by atoms with Gasteiger partial charge in [-0.05, 0) is 48.7 Å². The molecule has 0 radical (unpaired) electrons. The van der Waals surface area contributed by atoms with Gasteiger partial charge in [0.15, 0.2) is 0 Å². The second-order valence-electron chi connectivity index (χ2n) is 10.3. The lowest BCUT2D eigenvalue weighted by molar-refractivity contribution is -0.115. The van der Waals surface area contributed by atoms with Crippen LogP contribution in [0.5, 0.6) is 5.75 Å². The average molecular weight is 535 g/mol. The number of hydrogen-bond donors (Lipinski definition) is 1. The number of rotatable bonds is 19. The van der Waals surface area contributed by atoms with Gasteiger partial charge in [0, 0.05) is 23.2 Å². The molecule has 0 aliphatic carbocycles. The predicted octanol–water partition coefficient (Wildman–Crippen LogP) is 9.30. The van der Waals surface area contributed by atoms with Crippen LogP contribution in [0.1, 0.15) is 105 Å². The summed E-state index contributed by atoms with van der Waals surface area (Å²) in [5, 5.41) is 4.11. The molecule has 0 spiro atoms. The van der Waals surface area contributed by atoms with Gasteiger partial charge in [-0.25, -0.2) is 4.98 Å². The van der Waals surface area contributed by atoms with Gasteiger partial charge in [-0.1, -0.05) is 102 Å². The van der Waals surface area contributed by atoms with Crippen LogP contribution in [0.4, 0.5) is 5.69 Å². The molecule has 3 aromatic rings. The second-order valence-corrected chi connectivity index (χ2v) is 11.7. The number of nitrogens with zero attached hydrogens (tertiary/aromatic N) is 1. The van der Waals surface area contributed by atoms with Crippen LogP contribution in [0.3, 0.4) is 0 Å². The van der Waals surface area contributed by atoms with Crippen molar-refractivity contribution >= 4 is 22.9 Å². The van der Waals surface area contributed by atoms with E-state index in [1.807, 2.05) is 42.6 Å². The van der Waals surface area contributed by atoms with Crippen LogP contribution in [0.25, 0.3) is 0 Å². The Morgan fingerprint density at radius 3 is 1.95 bits per heavy atom. The maximum Gasteiger partial charge on any atom is 0.228 e. The predicted molar refractivity (Wildman–Crippen MR) is 161 cm³/mol. The Kier molecular flexibility index (Phi) is 14.0. The van der Waals surface area contributed by atoms with Crippen molar-refractivity contribution in [2.75, 3.05) is 11.9 Å². The zero-order chi connectivity index (χ0) is 26.8. The number of unbranched alkanes of at least 4 members (excludes halogenated alkanes) is 11. The van der Waals surface area contributed by atoms with E-state index in [2.05, 4.69) is 36.3 Å². The summed E-state index contributed by atoms with van der Waals surface area (Å²) in [6.45, 7) is 5.11. The first-order chi connectivity index (χ1) is 18.6. The summed E-state index contributed by atoms with van der Waals surface area (Å²) in [7, 11) is 0. The van der Waals surface area contributed by atoms with Crippen LogP contribution in [0, 0.1) is 6.92 Å². The normalized spacial score (nSPS) is 11.0. The van der Waals surface area contributed by atoms with Crippen molar-refractivity contribution < 1.29 is 9.53 Å². The fourth-order valence-electron chi connectivity index (χ4n) is 4.59. The molecule has 0 saturated carbocycles. The summed E-state index contributed by atoms with van der Waals surface area (Å²) in [5.74, 6) is 0.863. The molecule has 2 aromatic carbocycles. The minimum atomic E-state index is -0.0153. The Labute approximate surface area is 234 Å². The molecule has 1 heterocycles. The monoisotopic (exact) mass is 534 g/mol. The summed E-state index contributed by atoms with van der Waals surface area (Å²) in [5.41, 5.74) is 2.99. The molecule has 4 nitrogen and oxygen atoms in total. The van der Waals surface area contributed by atoms with Crippen molar-refractivity contribution in [2.24, 2.45) is 0 Å². The number of ether oxygens (including phenoxy) is 1. The van der Waals surface area contributed by atoms with Crippen molar-refractivity contribution in [1.29, 1.82) is 0 Å². The van der Waals surface area contributed by atoms with E-state index in [0.29, 0.717) is 6.42 Å². The third-order valence-corrected chi connectivity index (χ3v) is 7.73. The fourth-order valence-corrected chi connectivity index (χ4v) is 5.41.